The van der Waals surface area contributed by atoms with Crippen LogP contribution in [0.2, 0.25) is 0 Å². The molecule has 8 rings (SSSR count). The predicted octanol–water partition coefficient (Wildman–Crippen LogP) is 10.3. The molecule has 0 aliphatic carbocycles. The third kappa shape index (κ3) is 8.77. The molecular weight excluding hydrogens is 773 g/mol. The number of fused-ring (bicyclic) bond motifs is 4. The highest BCUT2D eigenvalue weighted by atomic mass is 32.1. The molecule has 0 atom stereocenters. The minimum absolute atomic E-state index is 0.311. The Labute approximate surface area is 352 Å². The lowest BCUT2D eigenvalue weighted by Crippen LogP contribution is -2.34. The van der Waals surface area contributed by atoms with Crippen molar-refractivity contribution in [2.45, 2.75) is 47.7 Å². The molecule has 0 saturated heterocycles. The lowest BCUT2D eigenvalue weighted by atomic mass is 10.1. The monoisotopic (exact) mass is 820 g/mol. The van der Waals surface area contributed by atoms with Crippen LogP contribution in [-0.4, -0.2) is 26.2 Å². The highest BCUT2D eigenvalue weighted by Crippen LogP contribution is 2.26. The molecule has 298 valence electrons. The molecule has 4 heterocycles. The number of terminal acetylenes is 1. The Balaban J connectivity index is 0.000000179. The number of hydrogen-bond donors (Lipinski definition) is 0. The van der Waals surface area contributed by atoms with Gasteiger partial charge >= 0.3 is 11.3 Å². The third-order valence-corrected chi connectivity index (χ3v) is 12.7. The summed E-state index contributed by atoms with van der Waals surface area (Å²) in [5.41, 5.74) is 6.09. The molecule has 0 fully saturated rings. The van der Waals surface area contributed by atoms with E-state index in [0.717, 1.165) is 75.1 Å². The molecule has 0 aliphatic heterocycles. The van der Waals surface area contributed by atoms with Crippen molar-refractivity contribution in [2.24, 2.45) is 0 Å². The van der Waals surface area contributed by atoms with E-state index < -0.39 is 0 Å². The molecule has 0 radical (unpaired) electrons. The molecule has 0 aliphatic rings. The van der Waals surface area contributed by atoms with Gasteiger partial charge in [0.1, 0.15) is 27.1 Å². The minimum Gasteiger partial charge on any atom is -0.422 e. The maximum absolute atomic E-state index is 12.6. The number of nitrogens with zero attached hydrogens (tertiary/aromatic N) is 4. The van der Waals surface area contributed by atoms with Crippen LogP contribution in [0.4, 0.5) is 11.4 Å². The molecule has 59 heavy (non-hydrogen) atoms. The average Bonchev–Trinajstić information content (AvgIpc) is 3.80. The van der Waals surface area contributed by atoms with Gasteiger partial charge in [0.2, 0.25) is 17.6 Å². The summed E-state index contributed by atoms with van der Waals surface area (Å²) in [5, 5.41) is 3.94. The lowest BCUT2D eigenvalue weighted by Gasteiger charge is -2.20. The zero-order chi connectivity index (χ0) is 41.5. The van der Waals surface area contributed by atoms with Crippen molar-refractivity contribution in [2.75, 3.05) is 36.0 Å². The summed E-state index contributed by atoms with van der Waals surface area (Å²) in [6.45, 7) is 15.6. The largest absolute Gasteiger partial charge is 0.422 e. The second kappa shape index (κ2) is 18.5. The van der Waals surface area contributed by atoms with Gasteiger partial charge in [0.15, 0.2) is 0 Å². The predicted molar refractivity (Wildman–Crippen MR) is 248 cm³/mol. The summed E-state index contributed by atoms with van der Waals surface area (Å²) < 4.78 is 18.0. The van der Waals surface area contributed by atoms with Crippen LogP contribution in [0.3, 0.4) is 0 Å². The molecule has 8 nitrogen and oxygen atoms in total. The number of aryl methyl sites for hydroxylation is 1. The van der Waals surface area contributed by atoms with Gasteiger partial charge in [0.05, 0.1) is 11.1 Å². The van der Waals surface area contributed by atoms with Crippen molar-refractivity contribution in [3.8, 4) is 12.3 Å². The number of benzene rings is 4. The summed E-state index contributed by atoms with van der Waals surface area (Å²) >= 11 is 3.37. The Morgan fingerprint density at radius 3 is 1.47 bits per heavy atom. The van der Waals surface area contributed by atoms with Gasteiger partial charge in [-0.15, -0.1) is 6.42 Å². The van der Waals surface area contributed by atoms with Crippen LogP contribution in [0, 0.1) is 12.3 Å². The van der Waals surface area contributed by atoms with Gasteiger partial charge in [-0.05, 0) is 101 Å². The molecule has 0 unspecified atom stereocenters. The molecule has 0 spiro atoms. The summed E-state index contributed by atoms with van der Waals surface area (Å²) in [4.78, 5) is 29.6. The maximum atomic E-state index is 12.6. The Morgan fingerprint density at radius 2 is 1.03 bits per heavy atom. The van der Waals surface area contributed by atoms with Crippen LogP contribution in [0.15, 0.2) is 115 Å². The van der Waals surface area contributed by atoms with E-state index in [1.54, 1.807) is 28.7 Å². The van der Waals surface area contributed by atoms with Crippen molar-refractivity contribution in [3.05, 3.63) is 139 Å². The second-order valence-corrected chi connectivity index (χ2v) is 15.9. The van der Waals surface area contributed by atoms with Crippen molar-refractivity contribution in [1.29, 1.82) is 0 Å². The van der Waals surface area contributed by atoms with Crippen molar-refractivity contribution >= 4 is 101 Å². The highest BCUT2D eigenvalue weighted by molar-refractivity contribution is 7.19. The zero-order valence-corrected chi connectivity index (χ0v) is 35.7. The number of aromatic nitrogens is 2. The highest BCUT2D eigenvalue weighted by Gasteiger charge is 2.18. The molecule has 0 bridgehead atoms. The number of para-hydroxylation sites is 2. The molecular formula is C49H48N4O4S2+2. The first-order chi connectivity index (χ1) is 28.8. The van der Waals surface area contributed by atoms with Crippen molar-refractivity contribution in [1.82, 2.24) is 0 Å². The van der Waals surface area contributed by atoms with Gasteiger partial charge in [-0.2, -0.15) is 9.13 Å². The molecule has 4 aromatic heterocycles. The van der Waals surface area contributed by atoms with E-state index in [2.05, 4.69) is 108 Å². The summed E-state index contributed by atoms with van der Waals surface area (Å²) in [6.07, 6.45) is 13.2. The number of thiazole rings is 2. The van der Waals surface area contributed by atoms with Crippen LogP contribution in [0.25, 0.3) is 66.7 Å². The van der Waals surface area contributed by atoms with E-state index in [-0.39, 0.29) is 11.3 Å². The fourth-order valence-corrected chi connectivity index (χ4v) is 9.48. The van der Waals surface area contributed by atoms with Crippen LogP contribution in [-0.2, 0) is 13.1 Å². The van der Waals surface area contributed by atoms with Gasteiger partial charge in [0.25, 0.3) is 10.0 Å². The Morgan fingerprint density at radius 1 is 0.593 bits per heavy atom. The van der Waals surface area contributed by atoms with E-state index in [1.165, 1.54) is 10.2 Å². The topological polar surface area (TPSA) is 74.7 Å². The normalized spacial score (nSPS) is 11.5. The minimum atomic E-state index is -0.347. The Hall–Kier alpha value is -6.28. The zero-order valence-electron chi connectivity index (χ0n) is 34.1. The average molecular weight is 821 g/mol. The van der Waals surface area contributed by atoms with E-state index in [1.807, 2.05) is 66.8 Å². The number of rotatable bonds is 12. The van der Waals surface area contributed by atoms with Crippen LogP contribution < -0.4 is 30.2 Å². The van der Waals surface area contributed by atoms with E-state index in [4.69, 9.17) is 15.3 Å². The molecule has 4 aromatic carbocycles. The van der Waals surface area contributed by atoms with Crippen molar-refractivity contribution < 1.29 is 18.0 Å². The summed E-state index contributed by atoms with van der Waals surface area (Å²) in [6, 6.07) is 32.3. The quantitative estimate of drug-likeness (QED) is 0.0694. The van der Waals surface area contributed by atoms with E-state index in [0.29, 0.717) is 28.8 Å². The SMILES string of the molecule is C#CC[n+]1c(/C=C/c2cc3ccc(N(CC)CC)cc3oc2=O)sc2ccccc21.CCN(CC)c1ccc2cc(/C=C/c3sc4ccccc4[n+]3CC)c(=O)oc2c1. The standard InChI is InChI=1S/C25H23N2O2S.C24H25N2O2S/c1-4-15-27-21-9-7-8-10-23(21)30-24(27)14-12-19-16-18-11-13-20(26(5-2)6-3)17-22(18)29-25(19)28;1-4-25(5-2)19-13-11-17-15-18(24(27)28-21(17)16-19)12-14-23-26(6-3)20-9-7-8-10-22(20)29-23/h1,7-14,16-17H,5-6,15H2,2-3H3;7-16H,4-6H2,1-3H3/q2*+1. The summed E-state index contributed by atoms with van der Waals surface area (Å²) in [5.74, 6) is 2.71. The van der Waals surface area contributed by atoms with Gasteiger partial charge in [-0.3, -0.25) is 0 Å². The number of anilines is 2. The molecule has 8 aromatic rings. The fourth-order valence-electron chi connectivity index (χ4n) is 7.29. The van der Waals surface area contributed by atoms with Gasteiger partial charge < -0.3 is 18.6 Å². The van der Waals surface area contributed by atoms with Crippen LogP contribution >= 0.6 is 22.7 Å². The smallest absolute Gasteiger partial charge is 0.343 e. The number of hydrogen-bond acceptors (Lipinski definition) is 8. The van der Waals surface area contributed by atoms with Gasteiger partial charge in [0, 0.05) is 84.7 Å². The molecule has 0 N–H and O–H groups in total. The van der Waals surface area contributed by atoms with E-state index in [9.17, 15) is 9.59 Å². The summed E-state index contributed by atoms with van der Waals surface area (Å²) in [7, 11) is 0. The first kappa shape index (κ1) is 40.9. The van der Waals surface area contributed by atoms with E-state index >= 15 is 0 Å². The molecule has 0 amide bonds. The Bertz CT molecular complexity index is 2990. The van der Waals surface area contributed by atoms with Crippen LogP contribution in [0.1, 0.15) is 55.8 Å². The first-order valence-electron chi connectivity index (χ1n) is 20.1. The van der Waals surface area contributed by atoms with Crippen molar-refractivity contribution in [3.63, 3.8) is 0 Å². The Kier molecular flexibility index (Phi) is 12.9. The van der Waals surface area contributed by atoms with Gasteiger partial charge in [-0.1, -0.05) is 46.9 Å². The lowest BCUT2D eigenvalue weighted by molar-refractivity contribution is -0.665. The molecule has 10 heteroatoms. The maximum Gasteiger partial charge on any atom is 0.343 e. The third-order valence-electron chi connectivity index (χ3n) is 10.4. The van der Waals surface area contributed by atoms with Crippen LogP contribution in [0.5, 0.6) is 0 Å². The fraction of sp³-hybridized carbons (Fsp3) is 0.224. The van der Waals surface area contributed by atoms with Gasteiger partial charge in [-0.25, -0.2) is 9.59 Å². The molecule has 0 saturated carbocycles. The first-order valence-corrected chi connectivity index (χ1v) is 21.7. The second-order valence-electron chi connectivity index (χ2n) is 13.8.